The monoisotopic (exact) mass is 1140 g/mol. The predicted molar refractivity (Wildman–Crippen MR) is 355 cm³/mol. The molecule has 12 aromatic rings. The van der Waals surface area contributed by atoms with E-state index in [1.54, 1.807) is 10.0 Å². The first-order chi connectivity index (χ1) is 41.6. The van der Waals surface area contributed by atoms with Crippen molar-refractivity contribution in [3.8, 4) is 55.6 Å². The van der Waals surface area contributed by atoms with Crippen LogP contribution in [-0.4, -0.2) is 21.7 Å². The number of nitrogens with zero attached hydrogens (tertiary/aromatic N) is 2. The standard InChI is InChI=1S/C80H59BN2Se/c1-6-19-53(20-7-1)58-36-39-71-76(50-58)83(67-47-64(56-25-12-4-13-26-56)44-65(48-67)57-27-14-5-15-28-57)75-31-18-30-74-80(75)81(71)72-49-61(79-68-29-16-17-32-77(68)84-78-51-60(35-38-69(78)79)70-42-52-33-34-59(70)41-52)37-40-73(72)82(74)66-45-62(54-21-8-2-9-22-54)43-63(46-66)55-23-10-3-11-24-55/h1-32,35-40,43-52,59,70,79H,33-34,41-42H2. The summed E-state index contributed by atoms with van der Waals surface area (Å²) >= 11 is 0.218. The fourth-order valence-corrected chi connectivity index (χ4v) is 17.9. The molecule has 2 nitrogen and oxygen atoms in total. The predicted octanol–water partition coefficient (Wildman–Crippen LogP) is 17.2. The summed E-state index contributed by atoms with van der Waals surface area (Å²) in [5.41, 5.74) is 28.7. The molecule has 2 aliphatic carbocycles. The Balaban J connectivity index is 0.928. The van der Waals surface area contributed by atoms with Crippen molar-refractivity contribution in [1.82, 2.24) is 0 Å². The van der Waals surface area contributed by atoms with Crippen molar-refractivity contribution < 1.29 is 0 Å². The minimum Gasteiger partial charge on any atom is -0.0617 e. The minimum atomic E-state index is -0.0852. The van der Waals surface area contributed by atoms with Crippen molar-refractivity contribution >= 4 is 81.1 Å². The molecule has 12 aromatic carbocycles. The topological polar surface area (TPSA) is 6.48 Å². The molecule has 84 heavy (non-hydrogen) atoms. The third-order valence-corrected chi connectivity index (χ3v) is 21.6. The Hall–Kier alpha value is -9.18. The van der Waals surface area contributed by atoms with Gasteiger partial charge in [0.25, 0.3) is 0 Å². The summed E-state index contributed by atoms with van der Waals surface area (Å²) in [6.45, 7) is -0.0852. The molecule has 0 N–H and O–H groups in total. The van der Waals surface area contributed by atoms with Crippen LogP contribution in [0.5, 0.6) is 0 Å². The number of rotatable bonds is 9. The first-order valence-corrected chi connectivity index (χ1v) is 31.8. The maximum Gasteiger partial charge on any atom is -0.0544 e. The summed E-state index contributed by atoms with van der Waals surface area (Å²) in [5, 5.41) is 0. The minimum absolute atomic E-state index is 0.0852. The molecule has 0 saturated heterocycles. The van der Waals surface area contributed by atoms with E-state index >= 15 is 0 Å². The van der Waals surface area contributed by atoms with Crippen molar-refractivity contribution in [3.05, 3.63) is 307 Å². The molecule has 4 atom stereocenters. The van der Waals surface area contributed by atoms with E-state index in [0.29, 0.717) is 5.92 Å². The van der Waals surface area contributed by atoms with Gasteiger partial charge in [-0.2, -0.15) is 0 Å². The third-order valence-electron chi connectivity index (χ3n) is 19.2. The zero-order valence-corrected chi connectivity index (χ0v) is 48.4. The molecule has 0 radical (unpaired) electrons. The molecule has 398 valence electrons. The van der Waals surface area contributed by atoms with Gasteiger partial charge >= 0.3 is 323 Å². The van der Waals surface area contributed by atoms with E-state index in [0.717, 1.165) is 23.2 Å². The molecule has 4 heteroatoms. The van der Waals surface area contributed by atoms with Crippen molar-refractivity contribution in [2.45, 2.75) is 37.5 Å². The molecular weight excluding hydrogens is 1080 g/mol. The van der Waals surface area contributed by atoms with Crippen LogP contribution in [0.1, 0.15) is 59.8 Å². The fourth-order valence-electron chi connectivity index (χ4n) is 15.4. The first-order valence-electron chi connectivity index (χ1n) is 30.1. The maximum atomic E-state index is 2.67. The van der Waals surface area contributed by atoms with Crippen LogP contribution in [0.2, 0.25) is 0 Å². The fraction of sp³-hybridized carbons (Fsp3) is 0.100. The van der Waals surface area contributed by atoms with Crippen molar-refractivity contribution in [2.24, 2.45) is 11.8 Å². The molecule has 3 heterocycles. The van der Waals surface area contributed by atoms with Crippen LogP contribution in [0.4, 0.5) is 34.1 Å². The van der Waals surface area contributed by atoms with Gasteiger partial charge in [0.05, 0.1) is 0 Å². The zero-order valence-electron chi connectivity index (χ0n) is 46.7. The Morgan fingerprint density at radius 3 is 1.38 bits per heavy atom. The Labute approximate surface area is 500 Å². The Morgan fingerprint density at radius 1 is 0.321 bits per heavy atom. The molecule has 0 amide bonds. The molecule has 4 unspecified atom stereocenters. The molecule has 17 rings (SSSR count). The summed E-state index contributed by atoms with van der Waals surface area (Å²) in [6.07, 6.45) is 5.61. The van der Waals surface area contributed by atoms with Gasteiger partial charge in [0.2, 0.25) is 0 Å². The zero-order chi connectivity index (χ0) is 55.2. The molecule has 0 spiro atoms. The Morgan fingerprint density at radius 2 is 0.833 bits per heavy atom. The van der Waals surface area contributed by atoms with Gasteiger partial charge in [-0.05, 0) is 28.3 Å². The van der Waals surface area contributed by atoms with Gasteiger partial charge in [0.15, 0.2) is 0 Å². The quantitative estimate of drug-likeness (QED) is 0.133. The van der Waals surface area contributed by atoms with Crippen molar-refractivity contribution in [2.75, 3.05) is 9.80 Å². The van der Waals surface area contributed by atoms with Gasteiger partial charge in [-0.25, -0.2) is 0 Å². The summed E-state index contributed by atoms with van der Waals surface area (Å²) in [5.74, 6) is 2.55. The first kappa shape index (κ1) is 49.4. The van der Waals surface area contributed by atoms with Crippen LogP contribution < -0.4 is 35.1 Å². The normalized spacial score (nSPS) is 17.7. The molecule has 2 fully saturated rings. The van der Waals surface area contributed by atoms with E-state index in [9.17, 15) is 0 Å². The summed E-state index contributed by atoms with van der Waals surface area (Å²) in [4.78, 5) is 5.21. The maximum absolute atomic E-state index is 2.67. The average molecular weight is 1140 g/mol. The number of hydrogen-bond acceptors (Lipinski definition) is 2. The van der Waals surface area contributed by atoms with Crippen LogP contribution in [0, 0.1) is 11.8 Å². The van der Waals surface area contributed by atoms with Gasteiger partial charge in [-0.15, -0.1) is 0 Å². The summed E-state index contributed by atoms with van der Waals surface area (Å²) in [7, 11) is 0. The summed E-state index contributed by atoms with van der Waals surface area (Å²) in [6, 6.07) is 108. The number of benzene rings is 12. The van der Waals surface area contributed by atoms with Crippen LogP contribution in [0.15, 0.2) is 285 Å². The second-order valence-corrected chi connectivity index (χ2v) is 26.2. The smallest absolute Gasteiger partial charge is 0.0544 e. The number of hydrogen-bond donors (Lipinski definition) is 0. The van der Waals surface area contributed by atoms with Gasteiger partial charge in [-0.3, -0.25) is 0 Å². The second-order valence-electron chi connectivity index (χ2n) is 23.9. The number of anilines is 6. The van der Waals surface area contributed by atoms with Gasteiger partial charge < -0.3 is 0 Å². The van der Waals surface area contributed by atoms with E-state index in [1.165, 1.54) is 142 Å². The van der Waals surface area contributed by atoms with Crippen molar-refractivity contribution in [1.29, 1.82) is 0 Å². The van der Waals surface area contributed by atoms with Crippen LogP contribution in [0.3, 0.4) is 0 Å². The second kappa shape index (κ2) is 20.3. The molecule has 0 aromatic heterocycles. The van der Waals surface area contributed by atoms with E-state index in [2.05, 4.69) is 295 Å². The van der Waals surface area contributed by atoms with E-state index in [-0.39, 0.29) is 27.6 Å². The summed E-state index contributed by atoms with van der Waals surface area (Å²) < 4.78 is 3.06. The number of fused-ring (bicyclic) bond motifs is 8. The molecule has 2 bridgehead atoms. The van der Waals surface area contributed by atoms with E-state index in [4.69, 9.17) is 0 Å². The van der Waals surface area contributed by atoms with Gasteiger partial charge in [-0.1, -0.05) is 152 Å². The van der Waals surface area contributed by atoms with Gasteiger partial charge in [0.1, 0.15) is 0 Å². The molecule has 2 saturated carbocycles. The third kappa shape index (κ3) is 8.37. The SMILES string of the molecule is c1ccc(-c2cc(-c3ccccc3)cc(N3c4ccc(C5c6ccccc6[Se]c6cc(C7CC8CCC7C8)ccc65)cc4B4c5ccc(-c6ccccc6)cc5N(c5cc(-c6ccccc6)cc(-c6ccccc6)c5)c5cccc3c54)c2)cc1. The van der Waals surface area contributed by atoms with Crippen LogP contribution in [0.25, 0.3) is 55.6 Å². The average Bonchev–Trinajstić information content (AvgIpc) is 1.36. The van der Waals surface area contributed by atoms with Crippen LogP contribution in [-0.2, 0) is 0 Å². The van der Waals surface area contributed by atoms with Crippen LogP contribution >= 0.6 is 0 Å². The van der Waals surface area contributed by atoms with E-state index in [1.807, 2.05) is 0 Å². The largest absolute Gasteiger partial charge is 0.0617 e. The van der Waals surface area contributed by atoms with Gasteiger partial charge in [0, 0.05) is 0 Å². The Kier molecular flexibility index (Phi) is 12.0. The van der Waals surface area contributed by atoms with E-state index < -0.39 is 0 Å². The molecular formula is C80H59BN2Se. The Bertz CT molecular complexity index is 4390. The van der Waals surface area contributed by atoms with Crippen molar-refractivity contribution in [3.63, 3.8) is 0 Å². The molecule has 3 aliphatic heterocycles. The molecule has 5 aliphatic rings.